The Morgan fingerprint density at radius 3 is 2.34 bits per heavy atom. The smallest absolute Gasteiger partial charge is 0.335 e. The molecule has 0 unspecified atom stereocenters. The summed E-state index contributed by atoms with van der Waals surface area (Å²) in [7, 11) is 1.53. The summed E-state index contributed by atoms with van der Waals surface area (Å²) in [4.78, 5) is 23.7. The molecule has 0 aromatic heterocycles. The molecule has 0 radical (unpaired) electrons. The number of halogens is 1. The van der Waals surface area contributed by atoms with Gasteiger partial charge in [-0.05, 0) is 89.5 Å². The number of hydrogen-bond donors (Lipinski definition) is 2. The number of amides is 1. The molecule has 0 aliphatic rings. The standard InChI is InChI=1S/C28H29IN2O7/c1-4-12-37-23-11-10-21(15-24(23)36-5-2)27(32)31-30-16-19-13-22(29)26(25(14-19)35-3)38-17-18-6-8-20(9-7-18)28(33)34/h6-11,13-16H,4-5,12,17H2,1-3H3,(H,31,32)(H,33,34)/b30-16+. The summed E-state index contributed by atoms with van der Waals surface area (Å²) in [5, 5.41) is 13.1. The molecule has 0 aliphatic heterocycles. The molecule has 0 fully saturated rings. The summed E-state index contributed by atoms with van der Waals surface area (Å²) in [6.45, 7) is 5.12. The lowest BCUT2D eigenvalue weighted by atomic mass is 10.1. The number of ether oxygens (including phenoxy) is 4. The van der Waals surface area contributed by atoms with Crippen LogP contribution in [0.5, 0.6) is 23.0 Å². The van der Waals surface area contributed by atoms with Gasteiger partial charge in [-0.1, -0.05) is 19.1 Å². The first kappa shape index (κ1) is 28.8. The van der Waals surface area contributed by atoms with E-state index < -0.39 is 5.97 Å². The molecule has 0 bridgehead atoms. The number of nitrogens with zero attached hydrogens (tertiary/aromatic N) is 1. The molecule has 3 aromatic rings. The SMILES string of the molecule is CCCOc1ccc(C(=O)N/N=C/c2cc(I)c(OCc3ccc(C(=O)O)cc3)c(OC)c2)cc1OCC. The topological polar surface area (TPSA) is 116 Å². The second-order valence-electron chi connectivity index (χ2n) is 7.97. The summed E-state index contributed by atoms with van der Waals surface area (Å²) in [6.07, 6.45) is 2.38. The fraction of sp³-hybridized carbons (Fsp3) is 0.250. The lowest BCUT2D eigenvalue weighted by molar-refractivity contribution is 0.0696. The highest BCUT2D eigenvalue weighted by Gasteiger charge is 2.13. The van der Waals surface area contributed by atoms with Gasteiger partial charge in [-0.2, -0.15) is 5.10 Å². The molecule has 10 heteroatoms. The van der Waals surface area contributed by atoms with E-state index in [2.05, 4.69) is 33.1 Å². The average Bonchev–Trinajstić information content (AvgIpc) is 2.91. The number of rotatable bonds is 13. The Morgan fingerprint density at radius 2 is 1.68 bits per heavy atom. The van der Waals surface area contributed by atoms with E-state index in [1.54, 1.807) is 36.4 Å². The van der Waals surface area contributed by atoms with E-state index in [0.717, 1.165) is 15.6 Å². The number of aromatic carboxylic acids is 1. The summed E-state index contributed by atoms with van der Waals surface area (Å²) in [6, 6.07) is 15.1. The molecular weight excluding hydrogens is 603 g/mol. The minimum absolute atomic E-state index is 0.212. The average molecular weight is 632 g/mol. The maximum absolute atomic E-state index is 12.6. The predicted octanol–water partition coefficient (Wildman–Crippen LogP) is 5.53. The van der Waals surface area contributed by atoms with E-state index in [-0.39, 0.29) is 18.1 Å². The molecule has 38 heavy (non-hydrogen) atoms. The molecule has 0 heterocycles. The van der Waals surface area contributed by atoms with Gasteiger partial charge in [-0.25, -0.2) is 10.2 Å². The maximum atomic E-state index is 12.6. The van der Waals surface area contributed by atoms with Crippen LogP contribution in [0.3, 0.4) is 0 Å². The van der Waals surface area contributed by atoms with Crippen LogP contribution in [0.1, 0.15) is 52.1 Å². The summed E-state index contributed by atoms with van der Waals surface area (Å²) >= 11 is 2.13. The minimum Gasteiger partial charge on any atom is -0.493 e. The van der Waals surface area contributed by atoms with Crippen LogP contribution in [0.25, 0.3) is 0 Å². The lowest BCUT2D eigenvalue weighted by Crippen LogP contribution is -2.17. The Bertz CT molecular complexity index is 1290. The lowest BCUT2D eigenvalue weighted by Gasteiger charge is -2.14. The monoisotopic (exact) mass is 632 g/mol. The highest BCUT2D eigenvalue weighted by molar-refractivity contribution is 14.1. The minimum atomic E-state index is -0.979. The van der Waals surface area contributed by atoms with Crippen LogP contribution in [0, 0.1) is 3.57 Å². The van der Waals surface area contributed by atoms with Crippen molar-refractivity contribution < 1.29 is 33.6 Å². The molecule has 0 saturated carbocycles. The van der Waals surface area contributed by atoms with Crippen molar-refractivity contribution in [2.45, 2.75) is 26.9 Å². The third-order valence-electron chi connectivity index (χ3n) is 5.18. The van der Waals surface area contributed by atoms with Gasteiger partial charge >= 0.3 is 5.97 Å². The number of carboxylic acids is 1. The molecule has 0 spiro atoms. The zero-order chi connectivity index (χ0) is 27.5. The van der Waals surface area contributed by atoms with Gasteiger partial charge in [0.15, 0.2) is 23.0 Å². The van der Waals surface area contributed by atoms with Crippen molar-refractivity contribution in [2.24, 2.45) is 5.10 Å². The Morgan fingerprint density at radius 1 is 0.947 bits per heavy atom. The first-order chi connectivity index (χ1) is 18.4. The van der Waals surface area contributed by atoms with Crippen LogP contribution in [-0.2, 0) is 6.61 Å². The first-order valence-electron chi connectivity index (χ1n) is 11.9. The number of hydrogen-bond acceptors (Lipinski definition) is 7. The Hall–Kier alpha value is -3.80. The van der Waals surface area contributed by atoms with Crippen LogP contribution in [0.2, 0.25) is 0 Å². The van der Waals surface area contributed by atoms with Gasteiger partial charge in [-0.15, -0.1) is 0 Å². The van der Waals surface area contributed by atoms with Gasteiger partial charge in [0, 0.05) is 5.56 Å². The van der Waals surface area contributed by atoms with E-state index in [9.17, 15) is 9.59 Å². The van der Waals surface area contributed by atoms with E-state index in [0.29, 0.717) is 47.3 Å². The normalized spacial score (nSPS) is 10.7. The zero-order valence-electron chi connectivity index (χ0n) is 21.3. The van der Waals surface area contributed by atoms with E-state index >= 15 is 0 Å². The molecule has 1 amide bonds. The molecule has 2 N–H and O–H groups in total. The predicted molar refractivity (Wildman–Crippen MR) is 152 cm³/mol. The van der Waals surface area contributed by atoms with Gasteiger partial charge in [0.05, 0.1) is 35.7 Å². The highest BCUT2D eigenvalue weighted by Crippen LogP contribution is 2.34. The fourth-order valence-corrected chi connectivity index (χ4v) is 4.11. The summed E-state index contributed by atoms with van der Waals surface area (Å²) in [5.41, 5.74) is 4.65. The van der Waals surface area contributed by atoms with Crippen molar-refractivity contribution in [3.05, 3.63) is 80.4 Å². The Labute approximate surface area is 234 Å². The highest BCUT2D eigenvalue weighted by atomic mass is 127. The van der Waals surface area contributed by atoms with E-state index in [1.807, 2.05) is 19.9 Å². The second kappa shape index (κ2) is 14.2. The number of methoxy groups -OCH3 is 1. The van der Waals surface area contributed by atoms with Crippen molar-refractivity contribution in [1.82, 2.24) is 5.43 Å². The molecule has 9 nitrogen and oxygen atoms in total. The van der Waals surface area contributed by atoms with Crippen LogP contribution < -0.4 is 24.4 Å². The number of benzene rings is 3. The number of carboxylic acid groups (broad SMARTS) is 1. The zero-order valence-corrected chi connectivity index (χ0v) is 23.5. The molecule has 0 saturated heterocycles. The number of carbonyl (C=O) groups excluding carboxylic acids is 1. The molecule has 200 valence electrons. The number of nitrogens with one attached hydrogen (secondary N) is 1. The third-order valence-corrected chi connectivity index (χ3v) is 5.98. The molecule has 3 aromatic carbocycles. The van der Waals surface area contributed by atoms with Gasteiger partial charge in [0.1, 0.15) is 6.61 Å². The van der Waals surface area contributed by atoms with Crippen molar-refractivity contribution in [2.75, 3.05) is 20.3 Å². The van der Waals surface area contributed by atoms with Crippen molar-refractivity contribution in [1.29, 1.82) is 0 Å². The number of carbonyl (C=O) groups is 2. The molecular formula is C28H29IN2O7. The Kier molecular flexibility index (Phi) is 10.8. The molecule has 0 aliphatic carbocycles. The van der Waals surface area contributed by atoms with Crippen LogP contribution in [-0.4, -0.2) is 43.5 Å². The maximum Gasteiger partial charge on any atom is 0.335 e. The molecule has 3 rings (SSSR count). The van der Waals surface area contributed by atoms with Crippen molar-refractivity contribution in [3.63, 3.8) is 0 Å². The largest absolute Gasteiger partial charge is 0.493 e. The van der Waals surface area contributed by atoms with Gasteiger partial charge < -0.3 is 24.1 Å². The van der Waals surface area contributed by atoms with E-state index in [1.165, 1.54) is 25.5 Å². The first-order valence-corrected chi connectivity index (χ1v) is 13.0. The van der Waals surface area contributed by atoms with Crippen LogP contribution in [0.15, 0.2) is 59.7 Å². The second-order valence-corrected chi connectivity index (χ2v) is 9.13. The number of hydrazone groups is 1. The van der Waals surface area contributed by atoms with Crippen molar-refractivity contribution >= 4 is 40.7 Å². The fourth-order valence-electron chi connectivity index (χ4n) is 3.33. The third kappa shape index (κ3) is 7.85. The van der Waals surface area contributed by atoms with Gasteiger partial charge in [0.2, 0.25) is 0 Å². The van der Waals surface area contributed by atoms with Crippen molar-refractivity contribution in [3.8, 4) is 23.0 Å². The van der Waals surface area contributed by atoms with Crippen LogP contribution in [0.4, 0.5) is 0 Å². The van der Waals surface area contributed by atoms with E-state index in [4.69, 9.17) is 24.1 Å². The summed E-state index contributed by atoms with van der Waals surface area (Å²) in [5.74, 6) is 0.772. The van der Waals surface area contributed by atoms with Gasteiger partial charge in [0.25, 0.3) is 5.91 Å². The molecule has 0 atom stereocenters. The quantitative estimate of drug-likeness (QED) is 0.145. The van der Waals surface area contributed by atoms with Gasteiger partial charge in [-0.3, -0.25) is 4.79 Å². The van der Waals surface area contributed by atoms with Crippen LogP contribution >= 0.6 is 22.6 Å². The Balaban J connectivity index is 1.67. The summed E-state index contributed by atoms with van der Waals surface area (Å²) < 4.78 is 23.5.